The molecule has 0 radical (unpaired) electrons. The van der Waals surface area contributed by atoms with Crippen LogP contribution in [0.5, 0.6) is 5.75 Å². The Bertz CT molecular complexity index is 1190. The molecule has 190 valence electrons. The van der Waals surface area contributed by atoms with Gasteiger partial charge in [-0.25, -0.2) is 4.79 Å². The van der Waals surface area contributed by atoms with E-state index in [1.807, 2.05) is 56.5 Å². The summed E-state index contributed by atoms with van der Waals surface area (Å²) in [5.41, 5.74) is 3.54. The van der Waals surface area contributed by atoms with Gasteiger partial charge in [-0.3, -0.25) is 4.79 Å². The molecule has 1 aromatic carbocycles. The summed E-state index contributed by atoms with van der Waals surface area (Å²) in [4.78, 5) is 28.5. The molecule has 3 aliphatic rings. The molecule has 1 N–H and O–H groups in total. The minimum absolute atomic E-state index is 0.0495. The van der Waals surface area contributed by atoms with Crippen molar-refractivity contribution in [3.8, 4) is 5.75 Å². The zero-order valence-electron chi connectivity index (χ0n) is 21.0. The summed E-state index contributed by atoms with van der Waals surface area (Å²) < 4.78 is 17.6. The monoisotopic (exact) mass is 507 g/mol. The van der Waals surface area contributed by atoms with Crippen LogP contribution in [-0.2, 0) is 19.1 Å². The molecule has 3 atom stereocenters. The molecule has 7 heteroatoms. The standard InChI is InChI=1S/C29H33NO5S/c1-17(2)35-24-10-5-4-9-21(24)27-26(29(32)34-16-20-8-6-12-33-20)18(3)30-22-14-19(15-23(31)28(22)27)25-11-7-13-36-25/h4-5,7,9-11,13,17,19-20,27,30H,6,8,12,14-16H2,1-3H3/t19-,20+,27+/m1/s1. The van der Waals surface area contributed by atoms with Gasteiger partial charge < -0.3 is 19.5 Å². The molecular formula is C29H33NO5S. The summed E-state index contributed by atoms with van der Waals surface area (Å²) >= 11 is 1.68. The summed E-state index contributed by atoms with van der Waals surface area (Å²) in [5, 5.41) is 5.48. The lowest BCUT2D eigenvalue weighted by Gasteiger charge is -2.37. The lowest BCUT2D eigenvalue weighted by atomic mass is 9.72. The second-order valence-electron chi connectivity index (χ2n) is 9.97. The van der Waals surface area contributed by atoms with Crippen LogP contribution in [0.1, 0.15) is 68.7 Å². The van der Waals surface area contributed by atoms with Crippen molar-refractivity contribution in [1.29, 1.82) is 0 Å². The van der Waals surface area contributed by atoms with E-state index in [4.69, 9.17) is 14.2 Å². The number of hydrogen-bond acceptors (Lipinski definition) is 7. The number of carbonyl (C=O) groups excluding carboxylic acids is 2. The maximum absolute atomic E-state index is 13.8. The molecule has 1 aliphatic carbocycles. The highest BCUT2D eigenvalue weighted by atomic mass is 32.1. The first-order valence-corrected chi connectivity index (χ1v) is 13.6. The van der Waals surface area contributed by atoms with Crippen molar-refractivity contribution in [2.24, 2.45) is 0 Å². The van der Waals surface area contributed by atoms with Gasteiger partial charge in [0.2, 0.25) is 0 Å². The van der Waals surface area contributed by atoms with Crippen molar-refractivity contribution in [2.75, 3.05) is 13.2 Å². The van der Waals surface area contributed by atoms with Crippen LogP contribution in [0.3, 0.4) is 0 Å². The molecular weight excluding hydrogens is 474 g/mol. The number of benzene rings is 1. The molecule has 0 saturated carbocycles. The number of dihydropyridines is 1. The number of para-hydroxylation sites is 1. The van der Waals surface area contributed by atoms with Crippen LogP contribution >= 0.6 is 11.3 Å². The molecule has 1 aromatic heterocycles. The van der Waals surface area contributed by atoms with Crippen molar-refractivity contribution < 1.29 is 23.8 Å². The molecule has 0 amide bonds. The highest BCUT2D eigenvalue weighted by molar-refractivity contribution is 7.10. The summed E-state index contributed by atoms with van der Waals surface area (Å²) in [6.45, 7) is 6.75. The fraction of sp³-hybridized carbons (Fsp3) is 0.448. The number of nitrogens with one attached hydrogen (secondary N) is 1. The summed E-state index contributed by atoms with van der Waals surface area (Å²) in [6.07, 6.45) is 2.88. The maximum Gasteiger partial charge on any atom is 0.336 e. The molecule has 2 aliphatic heterocycles. The first-order valence-electron chi connectivity index (χ1n) is 12.7. The highest BCUT2D eigenvalue weighted by Gasteiger charge is 2.42. The van der Waals surface area contributed by atoms with Gasteiger partial charge in [-0.1, -0.05) is 24.3 Å². The van der Waals surface area contributed by atoms with Crippen LogP contribution in [0.25, 0.3) is 0 Å². The lowest BCUT2D eigenvalue weighted by Crippen LogP contribution is -2.36. The molecule has 0 bridgehead atoms. The molecule has 5 rings (SSSR count). The van der Waals surface area contributed by atoms with Crippen LogP contribution in [0.2, 0.25) is 0 Å². The van der Waals surface area contributed by atoms with Crippen LogP contribution in [-0.4, -0.2) is 37.2 Å². The summed E-state index contributed by atoms with van der Waals surface area (Å²) in [6, 6.07) is 11.8. The van der Waals surface area contributed by atoms with E-state index in [-0.39, 0.29) is 30.5 Å². The number of Topliss-reactive ketones (excluding diaryl/α,β-unsaturated/α-hetero) is 1. The molecule has 1 saturated heterocycles. The summed E-state index contributed by atoms with van der Waals surface area (Å²) in [5.74, 6) is -0.1000. The fourth-order valence-electron chi connectivity index (χ4n) is 5.45. The molecule has 2 aromatic rings. The third kappa shape index (κ3) is 5.00. The smallest absolute Gasteiger partial charge is 0.336 e. The second-order valence-corrected chi connectivity index (χ2v) is 10.9. The summed E-state index contributed by atoms with van der Waals surface area (Å²) in [7, 11) is 0. The number of allylic oxidation sites excluding steroid dienone is 3. The SMILES string of the molecule is CC1=C(C(=O)OC[C@@H]2CCCO2)[C@H](c2ccccc2OC(C)C)C2=C(C[C@@H](c3cccs3)CC2=O)N1. The number of carbonyl (C=O) groups is 2. The van der Waals surface area contributed by atoms with E-state index in [9.17, 15) is 9.59 Å². The fourth-order valence-corrected chi connectivity index (χ4v) is 6.28. The van der Waals surface area contributed by atoms with E-state index in [0.29, 0.717) is 29.9 Å². The highest BCUT2D eigenvalue weighted by Crippen LogP contribution is 2.48. The van der Waals surface area contributed by atoms with Crippen LogP contribution < -0.4 is 10.1 Å². The van der Waals surface area contributed by atoms with Crippen LogP contribution in [0, 0.1) is 0 Å². The lowest BCUT2D eigenvalue weighted by molar-refractivity contribution is -0.142. The van der Waals surface area contributed by atoms with Gasteiger partial charge in [-0.2, -0.15) is 0 Å². The molecule has 6 nitrogen and oxygen atoms in total. The predicted molar refractivity (Wildman–Crippen MR) is 139 cm³/mol. The Morgan fingerprint density at radius 1 is 1.19 bits per heavy atom. The minimum atomic E-state index is -0.551. The number of ketones is 1. The van der Waals surface area contributed by atoms with E-state index in [2.05, 4.69) is 11.4 Å². The van der Waals surface area contributed by atoms with Gasteiger partial charge in [-0.15, -0.1) is 11.3 Å². The average molecular weight is 508 g/mol. The molecule has 1 fully saturated rings. The average Bonchev–Trinajstić information content (AvgIpc) is 3.56. The van der Waals surface area contributed by atoms with E-state index in [1.165, 1.54) is 4.88 Å². The maximum atomic E-state index is 13.8. The van der Waals surface area contributed by atoms with Crippen molar-refractivity contribution in [2.45, 2.75) is 70.5 Å². The van der Waals surface area contributed by atoms with Gasteiger partial charge in [0.25, 0.3) is 0 Å². The van der Waals surface area contributed by atoms with Crippen molar-refractivity contribution in [1.82, 2.24) is 5.32 Å². The van der Waals surface area contributed by atoms with Gasteiger partial charge in [0.05, 0.1) is 23.7 Å². The first kappa shape index (κ1) is 24.8. The van der Waals surface area contributed by atoms with Crippen molar-refractivity contribution >= 4 is 23.1 Å². The number of esters is 1. The molecule has 3 heterocycles. The Labute approximate surface area is 216 Å². The largest absolute Gasteiger partial charge is 0.491 e. The van der Waals surface area contributed by atoms with Crippen molar-refractivity contribution in [3.63, 3.8) is 0 Å². The zero-order chi connectivity index (χ0) is 25.2. The van der Waals surface area contributed by atoms with Gasteiger partial charge in [0.1, 0.15) is 12.4 Å². The van der Waals surface area contributed by atoms with E-state index >= 15 is 0 Å². The number of hydrogen-bond donors (Lipinski definition) is 1. The van der Waals surface area contributed by atoms with Crippen LogP contribution in [0.15, 0.2) is 64.3 Å². The number of rotatable bonds is 7. The normalized spacial score (nSPS) is 24.1. The van der Waals surface area contributed by atoms with E-state index < -0.39 is 11.9 Å². The Hall–Kier alpha value is -2.90. The third-order valence-electron chi connectivity index (χ3n) is 7.01. The Morgan fingerprint density at radius 3 is 2.75 bits per heavy atom. The van der Waals surface area contributed by atoms with Gasteiger partial charge in [0.15, 0.2) is 5.78 Å². The Balaban J connectivity index is 1.55. The Kier molecular flexibility index (Phi) is 7.30. The van der Waals surface area contributed by atoms with Crippen molar-refractivity contribution in [3.05, 3.63) is 74.8 Å². The van der Waals surface area contributed by atoms with E-state index in [0.717, 1.165) is 36.2 Å². The number of thiophene rings is 1. The molecule has 36 heavy (non-hydrogen) atoms. The van der Waals surface area contributed by atoms with Crippen LogP contribution in [0.4, 0.5) is 0 Å². The number of ether oxygens (including phenoxy) is 3. The van der Waals surface area contributed by atoms with Gasteiger partial charge >= 0.3 is 5.97 Å². The zero-order valence-corrected chi connectivity index (χ0v) is 21.9. The molecule has 0 unspecified atom stereocenters. The van der Waals surface area contributed by atoms with E-state index in [1.54, 1.807) is 11.3 Å². The Morgan fingerprint density at radius 2 is 2.03 bits per heavy atom. The third-order valence-corrected chi connectivity index (χ3v) is 8.04. The minimum Gasteiger partial charge on any atom is -0.491 e. The van der Waals surface area contributed by atoms with Gasteiger partial charge in [0, 0.05) is 46.4 Å². The second kappa shape index (κ2) is 10.6. The topological polar surface area (TPSA) is 73.9 Å². The quantitative estimate of drug-likeness (QED) is 0.491. The van der Waals surface area contributed by atoms with Gasteiger partial charge in [-0.05, 0) is 57.5 Å². The molecule has 0 spiro atoms. The first-order chi connectivity index (χ1) is 17.4. The predicted octanol–water partition coefficient (Wildman–Crippen LogP) is 5.62.